The molecule has 0 amide bonds. The highest BCUT2D eigenvalue weighted by molar-refractivity contribution is 6.30. The Morgan fingerprint density at radius 2 is 1.65 bits per heavy atom. The largest absolute Gasteiger partial charge is 0.369 e. The number of rotatable bonds is 5. The van der Waals surface area contributed by atoms with Gasteiger partial charge in [-0.25, -0.2) is 4.39 Å². The van der Waals surface area contributed by atoms with Gasteiger partial charge in [0.2, 0.25) is 0 Å². The Balaban J connectivity index is 1.42. The van der Waals surface area contributed by atoms with Crippen LogP contribution in [0.3, 0.4) is 0 Å². The Labute approximate surface area is 206 Å². The van der Waals surface area contributed by atoms with Gasteiger partial charge in [-0.1, -0.05) is 41.9 Å². The van der Waals surface area contributed by atoms with Gasteiger partial charge in [0.15, 0.2) is 0 Å². The van der Waals surface area contributed by atoms with Gasteiger partial charge in [0.05, 0.1) is 11.7 Å². The Hall–Kier alpha value is -3.02. The Morgan fingerprint density at radius 3 is 2.35 bits per heavy atom. The molecule has 3 aromatic carbocycles. The molecule has 6 heteroatoms. The molecule has 34 heavy (non-hydrogen) atoms. The van der Waals surface area contributed by atoms with Crippen LogP contribution in [0.15, 0.2) is 79.0 Å². The maximum absolute atomic E-state index is 15.5. The first-order chi connectivity index (χ1) is 16.5. The van der Waals surface area contributed by atoms with Crippen LogP contribution in [0.2, 0.25) is 5.02 Å². The van der Waals surface area contributed by atoms with E-state index in [4.69, 9.17) is 11.6 Å². The second-order valence-electron chi connectivity index (χ2n) is 9.15. The number of nitrogens with one attached hydrogen (secondary N) is 1. The van der Waals surface area contributed by atoms with Crippen molar-refractivity contribution in [3.63, 3.8) is 0 Å². The fourth-order valence-corrected chi connectivity index (χ4v) is 4.97. The summed E-state index contributed by atoms with van der Waals surface area (Å²) in [5.41, 5.74) is 7.76. The molecule has 0 spiro atoms. The van der Waals surface area contributed by atoms with Gasteiger partial charge in [0, 0.05) is 60.3 Å². The molecule has 176 valence electrons. The minimum atomic E-state index is -0.202. The van der Waals surface area contributed by atoms with Gasteiger partial charge in [-0.05, 0) is 61.9 Å². The summed E-state index contributed by atoms with van der Waals surface area (Å²) in [4.78, 5) is 4.74. The molecule has 1 atom stereocenters. The van der Waals surface area contributed by atoms with Gasteiger partial charge in [0.25, 0.3) is 0 Å². The third kappa shape index (κ3) is 4.50. The van der Waals surface area contributed by atoms with Crippen LogP contribution < -0.4 is 15.3 Å². The van der Waals surface area contributed by atoms with Gasteiger partial charge in [0.1, 0.15) is 5.82 Å². The summed E-state index contributed by atoms with van der Waals surface area (Å²) in [5, 5.41) is 2.77. The highest BCUT2D eigenvalue weighted by Crippen LogP contribution is 2.38. The van der Waals surface area contributed by atoms with E-state index in [9.17, 15) is 0 Å². The van der Waals surface area contributed by atoms with E-state index in [-0.39, 0.29) is 11.9 Å². The van der Waals surface area contributed by atoms with Crippen molar-refractivity contribution in [1.29, 1.82) is 0 Å². The fraction of sp³-hybridized carbons (Fsp3) is 0.286. The number of piperazine rings is 1. The third-order valence-corrected chi connectivity index (χ3v) is 7.05. The number of halogens is 2. The van der Waals surface area contributed by atoms with Crippen LogP contribution in [0.5, 0.6) is 0 Å². The Morgan fingerprint density at radius 1 is 0.912 bits per heavy atom. The molecule has 0 bridgehead atoms. The lowest BCUT2D eigenvalue weighted by molar-refractivity contribution is 0.209. The molecule has 0 aliphatic carbocycles. The number of para-hydroxylation sites is 1. The summed E-state index contributed by atoms with van der Waals surface area (Å²) in [6, 6.07) is 22.0. The molecule has 1 fully saturated rings. The number of nitrogens with zero attached hydrogens (tertiary/aromatic N) is 3. The molecule has 4 nitrogen and oxygen atoms in total. The first-order valence-corrected chi connectivity index (χ1v) is 12.2. The highest BCUT2D eigenvalue weighted by atomic mass is 35.5. The first-order valence-electron chi connectivity index (χ1n) is 11.9. The summed E-state index contributed by atoms with van der Waals surface area (Å²) in [7, 11) is 0. The molecule has 1 N–H and O–H groups in total. The number of benzene rings is 3. The van der Waals surface area contributed by atoms with Crippen LogP contribution in [0.25, 0.3) is 11.1 Å². The van der Waals surface area contributed by atoms with Crippen LogP contribution in [-0.4, -0.2) is 37.1 Å². The Kier molecular flexibility index (Phi) is 6.48. The van der Waals surface area contributed by atoms with E-state index in [2.05, 4.69) is 40.2 Å². The van der Waals surface area contributed by atoms with Crippen LogP contribution in [-0.2, 0) is 0 Å². The molecular formula is C28H30ClFN4. The van der Waals surface area contributed by atoms with Crippen molar-refractivity contribution < 1.29 is 4.39 Å². The number of hydrogen-bond acceptors (Lipinski definition) is 4. The van der Waals surface area contributed by atoms with E-state index in [0.717, 1.165) is 48.7 Å². The van der Waals surface area contributed by atoms with Crippen LogP contribution >= 0.6 is 11.6 Å². The van der Waals surface area contributed by atoms with Gasteiger partial charge >= 0.3 is 0 Å². The smallest absolute Gasteiger partial charge is 0.133 e. The summed E-state index contributed by atoms with van der Waals surface area (Å²) in [6.07, 6.45) is 4.02. The maximum atomic E-state index is 15.5. The Bertz CT molecular complexity index is 1170. The van der Waals surface area contributed by atoms with Crippen LogP contribution in [0.4, 0.5) is 15.8 Å². The van der Waals surface area contributed by atoms with Crippen LogP contribution in [0.1, 0.15) is 25.5 Å². The van der Waals surface area contributed by atoms with Gasteiger partial charge in [-0.3, -0.25) is 9.91 Å². The quantitative estimate of drug-likeness (QED) is 0.469. The number of hydrazine groups is 1. The van der Waals surface area contributed by atoms with Crippen molar-refractivity contribution in [3.05, 3.63) is 95.4 Å². The zero-order chi connectivity index (χ0) is 23.7. The normalized spacial score (nSPS) is 18.6. The SMILES string of the molecule is CC(C)N1CCN(c2ccc(-c3ccccc3N3NC=CC3c3ccc(Cl)cc3)c(F)c2)CC1. The molecule has 2 heterocycles. The monoisotopic (exact) mass is 476 g/mol. The van der Waals surface area contributed by atoms with E-state index in [1.165, 1.54) is 0 Å². The molecule has 5 rings (SSSR count). The molecule has 2 aliphatic rings. The molecule has 2 aliphatic heterocycles. The maximum Gasteiger partial charge on any atom is 0.133 e. The minimum Gasteiger partial charge on any atom is -0.369 e. The van der Waals surface area contributed by atoms with E-state index >= 15 is 4.39 Å². The molecule has 1 saturated heterocycles. The zero-order valence-corrected chi connectivity index (χ0v) is 20.3. The summed E-state index contributed by atoms with van der Waals surface area (Å²) >= 11 is 6.09. The van der Waals surface area contributed by atoms with Crippen molar-refractivity contribution in [2.45, 2.75) is 25.9 Å². The molecule has 1 unspecified atom stereocenters. The zero-order valence-electron chi connectivity index (χ0n) is 19.6. The first kappa shape index (κ1) is 22.8. The topological polar surface area (TPSA) is 21.8 Å². The second-order valence-corrected chi connectivity index (χ2v) is 9.59. The van der Waals surface area contributed by atoms with E-state index in [0.29, 0.717) is 16.6 Å². The molecule has 0 aromatic heterocycles. The third-order valence-electron chi connectivity index (χ3n) is 6.80. The van der Waals surface area contributed by atoms with Crippen molar-refractivity contribution in [2.24, 2.45) is 0 Å². The predicted octanol–water partition coefficient (Wildman–Crippen LogP) is 6.26. The van der Waals surface area contributed by atoms with Crippen molar-refractivity contribution in [3.8, 4) is 11.1 Å². The molecule has 3 aromatic rings. The molecular weight excluding hydrogens is 447 g/mol. The minimum absolute atomic E-state index is 0.0157. The lowest BCUT2D eigenvalue weighted by atomic mass is 10.00. The number of anilines is 2. The average molecular weight is 477 g/mol. The van der Waals surface area contributed by atoms with E-state index < -0.39 is 0 Å². The van der Waals surface area contributed by atoms with Gasteiger partial charge in [-0.15, -0.1) is 0 Å². The second kappa shape index (κ2) is 9.69. The fourth-order valence-electron chi connectivity index (χ4n) is 4.85. The average Bonchev–Trinajstić information content (AvgIpc) is 3.34. The highest BCUT2D eigenvalue weighted by Gasteiger charge is 2.26. The van der Waals surface area contributed by atoms with Crippen molar-refractivity contribution in [1.82, 2.24) is 10.3 Å². The van der Waals surface area contributed by atoms with Crippen molar-refractivity contribution >= 4 is 23.0 Å². The summed E-state index contributed by atoms with van der Waals surface area (Å²) in [5.74, 6) is -0.202. The summed E-state index contributed by atoms with van der Waals surface area (Å²) < 4.78 is 15.5. The van der Waals surface area contributed by atoms with E-state index in [1.807, 2.05) is 66.9 Å². The standard InChI is InChI=1S/C28H30ClFN4/c1-20(2)32-15-17-33(18-16-32)23-11-12-24(26(30)19-23)25-5-3-4-6-28(25)34-27(13-14-31-34)21-7-9-22(29)10-8-21/h3-14,19-20,27,31H,15-18H2,1-2H3. The van der Waals surface area contributed by atoms with Gasteiger partial charge in [-0.2, -0.15) is 0 Å². The lowest BCUT2D eigenvalue weighted by Gasteiger charge is -2.38. The molecule has 0 radical (unpaired) electrons. The van der Waals surface area contributed by atoms with Crippen molar-refractivity contribution in [2.75, 3.05) is 36.1 Å². The van der Waals surface area contributed by atoms with E-state index in [1.54, 1.807) is 6.07 Å². The lowest BCUT2D eigenvalue weighted by Crippen LogP contribution is -2.48. The number of hydrogen-bond donors (Lipinski definition) is 1. The van der Waals surface area contributed by atoms with Crippen LogP contribution in [0, 0.1) is 5.82 Å². The molecule has 0 saturated carbocycles. The predicted molar refractivity (Wildman–Crippen MR) is 140 cm³/mol. The summed E-state index contributed by atoms with van der Waals surface area (Å²) in [6.45, 7) is 8.29. The van der Waals surface area contributed by atoms with Gasteiger partial charge < -0.3 is 10.3 Å².